The molecule has 0 atom stereocenters. The van der Waals surface area contributed by atoms with Crippen LogP contribution in [0.5, 0.6) is 0 Å². The van der Waals surface area contributed by atoms with Crippen LogP contribution < -0.4 is 21.3 Å². The molecule has 7 nitrogen and oxygen atoms in total. The zero-order valence-electron chi connectivity index (χ0n) is 17.6. The van der Waals surface area contributed by atoms with Crippen LogP contribution in [0.1, 0.15) is 20.7 Å². The first-order chi connectivity index (χ1) is 16.8. The van der Waals surface area contributed by atoms with Crippen molar-refractivity contribution in [1.82, 2.24) is 15.6 Å². The Kier molecular flexibility index (Phi) is 7.89. The van der Waals surface area contributed by atoms with E-state index in [9.17, 15) is 9.59 Å². The van der Waals surface area contributed by atoms with E-state index in [4.69, 9.17) is 47.6 Å². The smallest absolute Gasteiger partial charge is 0.258 e. The van der Waals surface area contributed by atoms with Gasteiger partial charge in [0.15, 0.2) is 15.4 Å². The topological polar surface area (TPSA) is 95.2 Å². The van der Waals surface area contributed by atoms with Crippen molar-refractivity contribution in [2.75, 3.05) is 10.6 Å². The number of hydrogen-bond donors (Lipinski definition) is 4. The van der Waals surface area contributed by atoms with Gasteiger partial charge in [-0.25, -0.2) is 4.98 Å². The summed E-state index contributed by atoms with van der Waals surface area (Å²) in [6.45, 7) is 0. The lowest BCUT2D eigenvalue weighted by Crippen LogP contribution is -2.34. The molecule has 4 N–H and O–H groups in total. The van der Waals surface area contributed by atoms with Gasteiger partial charge in [-0.3, -0.25) is 20.2 Å². The molecule has 176 valence electrons. The Hall–Kier alpha value is -3.15. The Morgan fingerprint density at radius 3 is 1.89 bits per heavy atom. The Balaban J connectivity index is 1.38. The number of benzene rings is 3. The van der Waals surface area contributed by atoms with Crippen LogP contribution >= 0.6 is 59.0 Å². The van der Waals surface area contributed by atoms with E-state index in [1.54, 1.807) is 60.7 Å². The summed E-state index contributed by atoms with van der Waals surface area (Å²) in [6, 6.07) is 18.8. The standard InChI is InChI=1S/C23H15Cl2N5O2S3/c24-15-7-3-1-5-13(15)19(31)28-21(33)26-12-9-10-17-18(11-12)35-23(27-17)30-22(34)29-20(32)14-6-2-4-8-16(14)25/h1-11H,(H2,26,28,31,33)(H2,27,29,30,32,34). The number of thiazole rings is 1. The largest absolute Gasteiger partial charge is 0.332 e. The number of carbonyl (C=O) groups excluding carboxylic acids is 2. The molecule has 3 aromatic carbocycles. The molecule has 0 fully saturated rings. The Morgan fingerprint density at radius 1 is 0.771 bits per heavy atom. The van der Waals surface area contributed by atoms with E-state index in [2.05, 4.69) is 26.3 Å². The molecule has 4 rings (SSSR count). The van der Waals surface area contributed by atoms with Crippen molar-refractivity contribution in [2.45, 2.75) is 0 Å². The fraction of sp³-hybridized carbons (Fsp3) is 0. The maximum atomic E-state index is 12.4. The first kappa shape index (κ1) is 25.0. The second-order valence-corrected chi connectivity index (χ2v) is 9.64. The summed E-state index contributed by atoms with van der Waals surface area (Å²) >= 11 is 23.9. The molecule has 12 heteroatoms. The minimum atomic E-state index is -0.423. The zero-order chi connectivity index (χ0) is 24.9. The number of amides is 2. The van der Waals surface area contributed by atoms with Gasteiger partial charge in [0.1, 0.15) is 0 Å². The van der Waals surface area contributed by atoms with Gasteiger partial charge in [-0.15, -0.1) is 0 Å². The fourth-order valence-electron chi connectivity index (χ4n) is 2.98. The molecule has 4 aromatic rings. The highest BCUT2D eigenvalue weighted by Crippen LogP contribution is 2.28. The third kappa shape index (κ3) is 6.30. The van der Waals surface area contributed by atoms with Gasteiger partial charge in [0, 0.05) is 5.69 Å². The molecule has 1 aromatic heterocycles. The molecule has 2 amide bonds. The number of aromatic nitrogens is 1. The number of nitrogens with zero attached hydrogens (tertiary/aromatic N) is 1. The lowest BCUT2D eigenvalue weighted by molar-refractivity contribution is 0.0969. The minimum absolute atomic E-state index is 0.0933. The van der Waals surface area contributed by atoms with Crippen LogP contribution in [0.4, 0.5) is 10.8 Å². The van der Waals surface area contributed by atoms with Crippen LogP contribution in [0.25, 0.3) is 10.2 Å². The molecule has 0 unspecified atom stereocenters. The van der Waals surface area contributed by atoms with Crippen molar-refractivity contribution in [2.24, 2.45) is 0 Å². The fourth-order valence-corrected chi connectivity index (χ4v) is 4.80. The first-order valence-corrected chi connectivity index (χ1v) is 12.3. The van der Waals surface area contributed by atoms with Gasteiger partial charge in [0.05, 0.1) is 31.4 Å². The molecule has 0 saturated carbocycles. The van der Waals surface area contributed by atoms with Crippen LogP contribution in [-0.2, 0) is 0 Å². The number of fused-ring (bicyclic) bond motifs is 1. The van der Waals surface area contributed by atoms with Crippen molar-refractivity contribution < 1.29 is 9.59 Å². The monoisotopic (exact) mass is 559 g/mol. The molecular formula is C23H15Cl2N5O2S3. The maximum absolute atomic E-state index is 12.4. The lowest BCUT2D eigenvalue weighted by Gasteiger charge is -2.10. The van der Waals surface area contributed by atoms with E-state index in [0.717, 1.165) is 4.70 Å². The van der Waals surface area contributed by atoms with Gasteiger partial charge in [-0.1, -0.05) is 58.8 Å². The summed E-state index contributed by atoms with van der Waals surface area (Å²) in [4.78, 5) is 29.2. The van der Waals surface area contributed by atoms with E-state index in [1.165, 1.54) is 11.3 Å². The second kappa shape index (κ2) is 11.1. The third-order valence-corrected chi connectivity index (χ3v) is 6.56. The number of rotatable bonds is 4. The van der Waals surface area contributed by atoms with Gasteiger partial charge in [-0.2, -0.15) is 0 Å². The van der Waals surface area contributed by atoms with Crippen LogP contribution in [0.3, 0.4) is 0 Å². The summed E-state index contributed by atoms with van der Waals surface area (Å²) in [5.41, 5.74) is 2.02. The summed E-state index contributed by atoms with van der Waals surface area (Å²) < 4.78 is 0.831. The highest BCUT2D eigenvalue weighted by Gasteiger charge is 2.14. The van der Waals surface area contributed by atoms with Crippen molar-refractivity contribution in [1.29, 1.82) is 0 Å². The van der Waals surface area contributed by atoms with Crippen molar-refractivity contribution in [3.05, 3.63) is 87.9 Å². The summed E-state index contributed by atoms with van der Waals surface area (Å²) in [5, 5.41) is 12.5. The van der Waals surface area contributed by atoms with E-state index < -0.39 is 11.8 Å². The van der Waals surface area contributed by atoms with E-state index in [-0.39, 0.29) is 10.2 Å². The Labute approximate surface area is 224 Å². The van der Waals surface area contributed by atoms with E-state index in [0.29, 0.717) is 37.5 Å². The average Bonchev–Trinajstić information content (AvgIpc) is 3.20. The quantitative estimate of drug-likeness (QED) is 0.233. The zero-order valence-corrected chi connectivity index (χ0v) is 21.6. The summed E-state index contributed by atoms with van der Waals surface area (Å²) in [6.07, 6.45) is 0. The third-order valence-electron chi connectivity index (χ3n) is 4.56. The summed E-state index contributed by atoms with van der Waals surface area (Å²) in [5.74, 6) is -0.834. The molecule has 1 heterocycles. The number of nitrogens with one attached hydrogen (secondary N) is 4. The van der Waals surface area contributed by atoms with E-state index in [1.807, 2.05) is 6.07 Å². The first-order valence-electron chi connectivity index (χ1n) is 9.94. The molecule has 35 heavy (non-hydrogen) atoms. The number of halogens is 2. The lowest BCUT2D eigenvalue weighted by atomic mass is 10.2. The predicted molar refractivity (Wildman–Crippen MR) is 150 cm³/mol. The van der Waals surface area contributed by atoms with Crippen LogP contribution in [0.2, 0.25) is 10.0 Å². The molecule has 0 aliphatic carbocycles. The molecule has 0 aliphatic rings. The van der Waals surface area contributed by atoms with Crippen LogP contribution in [-0.4, -0.2) is 27.0 Å². The maximum Gasteiger partial charge on any atom is 0.258 e. The van der Waals surface area contributed by atoms with Gasteiger partial charge in [-0.05, 0) is 66.9 Å². The van der Waals surface area contributed by atoms with Gasteiger partial charge in [0.2, 0.25) is 0 Å². The predicted octanol–water partition coefficient (Wildman–Crippen LogP) is 5.86. The molecular weight excluding hydrogens is 545 g/mol. The average molecular weight is 561 g/mol. The molecule has 0 saturated heterocycles. The van der Waals surface area contributed by atoms with Crippen molar-refractivity contribution in [3.8, 4) is 0 Å². The molecule has 0 bridgehead atoms. The number of carbonyl (C=O) groups is 2. The highest BCUT2D eigenvalue weighted by atomic mass is 35.5. The SMILES string of the molecule is O=C(NC(=S)Nc1ccc2nc(NC(=S)NC(=O)c3ccccc3Cl)sc2c1)c1ccccc1Cl. The van der Waals surface area contributed by atoms with Crippen molar-refractivity contribution >= 4 is 102 Å². The number of anilines is 2. The van der Waals surface area contributed by atoms with Gasteiger partial charge < -0.3 is 10.6 Å². The van der Waals surface area contributed by atoms with Gasteiger partial charge >= 0.3 is 0 Å². The van der Waals surface area contributed by atoms with Crippen LogP contribution in [0, 0.1) is 0 Å². The Morgan fingerprint density at radius 2 is 1.31 bits per heavy atom. The summed E-state index contributed by atoms with van der Waals surface area (Å²) in [7, 11) is 0. The molecule has 0 spiro atoms. The van der Waals surface area contributed by atoms with Crippen molar-refractivity contribution in [3.63, 3.8) is 0 Å². The van der Waals surface area contributed by atoms with Gasteiger partial charge in [0.25, 0.3) is 11.8 Å². The number of thiocarbonyl (C=S) groups is 2. The van der Waals surface area contributed by atoms with Crippen LogP contribution in [0.15, 0.2) is 66.7 Å². The minimum Gasteiger partial charge on any atom is -0.332 e. The highest BCUT2D eigenvalue weighted by molar-refractivity contribution is 7.80. The van der Waals surface area contributed by atoms with E-state index >= 15 is 0 Å². The number of hydrogen-bond acceptors (Lipinski definition) is 6. The molecule has 0 radical (unpaired) electrons. The normalized spacial score (nSPS) is 10.5. The second-order valence-electron chi connectivity index (χ2n) is 6.98. The molecule has 0 aliphatic heterocycles. The Bertz CT molecular complexity index is 1400.